The molecular formula is C25H19N3O5. The van der Waals surface area contributed by atoms with Crippen LogP contribution in [-0.4, -0.2) is 36.5 Å². The van der Waals surface area contributed by atoms with Crippen LogP contribution < -0.4 is 10.1 Å². The van der Waals surface area contributed by atoms with Gasteiger partial charge in [-0.1, -0.05) is 48.5 Å². The van der Waals surface area contributed by atoms with Gasteiger partial charge in [0.05, 0.1) is 18.7 Å². The fraction of sp³-hybridized carbons (Fsp3) is 0.120. The van der Waals surface area contributed by atoms with Crippen LogP contribution in [0.4, 0.5) is 4.79 Å². The molecule has 1 N–H and O–H groups in total. The van der Waals surface area contributed by atoms with Gasteiger partial charge in [-0.15, -0.1) is 0 Å². The highest BCUT2D eigenvalue weighted by molar-refractivity contribution is 6.16. The molecule has 0 aliphatic carbocycles. The van der Waals surface area contributed by atoms with E-state index in [4.69, 9.17) is 4.74 Å². The van der Waals surface area contributed by atoms with Gasteiger partial charge < -0.3 is 14.8 Å². The van der Waals surface area contributed by atoms with Gasteiger partial charge in [-0.3, -0.25) is 9.59 Å². The summed E-state index contributed by atoms with van der Waals surface area (Å²) < 4.78 is 10.6. The van der Waals surface area contributed by atoms with Crippen molar-refractivity contribution in [1.29, 1.82) is 5.26 Å². The first-order valence-corrected chi connectivity index (χ1v) is 10.1. The molecule has 3 aromatic rings. The number of hydrogen-bond donors (Lipinski definition) is 1. The lowest BCUT2D eigenvalue weighted by Gasteiger charge is -2.13. The molecule has 1 heterocycles. The van der Waals surface area contributed by atoms with Gasteiger partial charge in [-0.25, -0.2) is 9.69 Å². The Hall–Kier alpha value is -4.64. The number of ether oxygens (including phenoxy) is 2. The topological polar surface area (TPSA) is 109 Å². The Kier molecular flexibility index (Phi) is 6.04. The second kappa shape index (κ2) is 9.24. The van der Waals surface area contributed by atoms with E-state index in [1.54, 1.807) is 18.2 Å². The number of amides is 3. The second-order valence-corrected chi connectivity index (χ2v) is 7.21. The molecule has 0 atom stereocenters. The van der Waals surface area contributed by atoms with Crippen LogP contribution in [-0.2, 0) is 20.9 Å². The summed E-state index contributed by atoms with van der Waals surface area (Å²) in [5.74, 6) is -0.869. The molecule has 0 spiro atoms. The maximum Gasteiger partial charge on any atom is 0.329 e. The van der Waals surface area contributed by atoms with E-state index in [0.29, 0.717) is 16.9 Å². The van der Waals surface area contributed by atoms with E-state index in [0.717, 1.165) is 21.2 Å². The number of nitrogens with zero attached hydrogens (tertiary/aromatic N) is 2. The van der Waals surface area contributed by atoms with Gasteiger partial charge in [0.25, 0.3) is 5.91 Å². The molecule has 0 aromatic heterocycles. The Labute approximate surface area is 189 Å². The summed E-state index contributed by atoms with van der Waals surface area (Å²) in [7, 11) is 1.18. The molecule has 1 aliphatic rings. The van der Waals surface area contributed by atoms with E-state index in [1.165, 1.54) is 13.2 Å². The average molecular weight is 441 g/mol. The molecule has 8 nitrogen and oxygen atoms in total. The molecule has 1 aliphatic heterocycles. The van der Waals surface area contributed by atoms with Crippen molar-refractivity contribution in [3.8, 4) is 11.8 Å². The van der Waals surface area contributed by atoms with Crippen LogP contribution in [0.1, 0.15) is 16.7 Å². The molecule has 0 bridgehead atoms. The van der Waals surface area contributed by atoms with E-state index in [9.17, 15) is 19.6 Å². The summed E-state index contributed by atoms with van der Waals surface area (Å²) in [6, 6.07) is 19.8. The van der Waals surface area contributed by atoms with Crippen LogP contribution in [0.2, 0.25) is 0 Å². The number of methoxy groups -OCH3 is 1. The summed E-state index contributed by atoms with van der Waals surface area (Å²) in [5, 5.41) is 13.6. The molecule has 33 heavy (non-hydrogen) atoms. The number of nitriles is 1. The van der Waals surface area contributed by atoms with Crippen molar-refractivity contribution >= 4 is 34.8 Å². The van der Waals surface area contributed by atoms with Crippen molar-refractivity contribution < 1.29 is 23.9 Å². The predicted octanol–water partition coefficient (Wildman–Crippen LogP) is 3.36. The molecule has 8 heteroatoms. The molecule has 4 rings (SSSR count). The van der Waals surface area contributed by atoms with Crippen molar-refractivity contribution in [2.45, 2.75) is 6.61 Å². The first kappa shape index (κ1) is 21.6. The van der Waals surface area contributed by atoms with Gasteiger partial charge in [0.1, 0.15) is 24.6 Å². The van der Waals surface area contributed by atoms with Crippen LogP contribution in [0, 0.1) is 11.3 Å². The highest BCUT2D eigenvalue weighted by atomic mass is 16.5. The molecular weight excluding hydrogens is 422 g/mol. The lowest BCUT2D eigenvalue weighted by Crippen LogP contribution is -2.36. The minimum Gasteiger partial charge on any atom is -0.488 e. The van der Waals surface area contributed by atoms with Gasteiger partial charge in [0.15, 0.2) is 0 Å². The zero-order valence-electron chi connectivity index (χ0n) is 17.7. The van der Waals surface area contributed by atoms with Crippen molar-refractivity contribution in [3.05, 3.63) is 83.1 Å². The minimum atomic E-state index is -0.706. The standard InChI is InChI=1S/C25H19N3O5/c1-32-23(29)14-28-24(30)21(27-25(28)31)12-20-19-9-5-4-6-16(19)10-11-22(20)33-15-18-8-3-2-7-17(18)13-26/h2-12H,14-15H2,1H3,(H,27,31). The third-order valence-corrected chi connectivity index (χ3v) is 5.22. The average Bonchev–Trinajstić information content (AvgIpc) is 3.10. The number of hydrogen-bond acceptors (Lipinski definition) is 6. The molecule has 1 saturated heterocycles. The Morgan fingerprint density at radius 2 is 1.85 bits per heavy atom. The molecule has 3 amide bonds. The largest absolute Gasteiger partial charge is 0.488 e. The normalized spacial score (nSPS) is 14.3. The number of esters is 1. The number of imide groups is 1. The fourth-order valence-corrected chi connectivity index (χ4v) is 3.51. The van der Waals surface area contributed by atoms with Gasteiger partial charge in [-0.05, 0) is 29.0 Å². The predicted molar refractivity (Wildman–Crippen MR) is 120 cm³/mol. The lowest BCUT2D eigenvalue weighted by molar-refractivity contribution is -0.143. The molecule has 0 unspecified atom stereocenters. The van der Waals surface area contributed by atoms with Crippen LogP contribution >= 0.6 is 0 Å². The Balaban J connectivity index is 1.72. The number of carbonyl (C=O) groups excluding carboxylic acids is 3. The van der Waals surface area contributed by atoms with Crippen LogP contribution in [0.15, 0.2) is 66.4 Å². The quantitative estimate of drug-likeness (QED) is 0.357. The Morgan fingerprint density at radius 3 is 2.64 bits per heavy atom. The molecule has 1 fully saturated rings. The summed E-state index contributed by atoms with van der Waals surface area (Å²) in [6.07, 6.45) is 1.53. The minimum absolute atomic E-state index is 0.0162. The Bertz CT molecular complexity index is 1340. The van der Waals surface area contributed by atoms with Crippen LogP contribution in [0.3, 0.4) is 0 Å². The van der Waals surface area contributed by atoms with Gasteiger partial charge in [0, 0.05) is 11.1 Å². The third-order valence-electron chi connectivity index (χ3n) is 5.22. The van der Waals surface area contributed by atoms with Gasteiger partial charge >= 0.3 is 12.0 Å². The number of benzene rings is 3. The van der Waals surface area contributed by atoms with Crippen LogP contribution in [0.5, 0.6) is 5.75 Å². The summed E-state index contributed by atoms with van der Waals surface area (Å²) in [4.78, 5) is 37.4. The van der Waals surface area contributed by atoms with Gasteiger partial charge in [-0.2, -0.15) is 5.26 Å². The molecule has 0 radical (unpaired) electrons. The number of fused-ring (bicyclic) bond motifs is 1. The number of urea groups is 1. The van der Waals surface area contributed by atoms with E-state index in [1.807, 2.05) is 42.5 Å². The second-order valence-electron chi connectivity index (χ2n) is 7.21. The van der Waals surface area contributed by atoms with E-state index >= 15 is 0 Å². The maximum atomic E-state index is 12.8. The highest BCUT2D eigenvalue weighted by Gasteiger charge is 2.35. The lowest BCUT2D eigenvalue weighted by atomic mass is 10.0. The van der Waals surface area contributed by atoms with Crippen molar-refractivity contribution in [1.82, 2.24) is 10.2 Å². The first-order valence-electron chi connectivity index (χ1n) is 10.1. The van der Waals surface area contributed by atoms with Crippen molar-refractivity contribution in [2.75, 3.05) is 13.7 Å². The fourth-order valence-electron chi connectivity index (χ4n) is 3.51. The highest BCUT2D eigenvalue weighted by Crippen LogP contribution is 2.31. The van der Waals surface area contributed by atoms with Crippen molar-refractivity contribution in [3.63, 3.8) is 0 Å². The van der Waals surface area contributed by atoms with Crippen molar-refractivity contribution in [2.24, 2.45) is 0 Å². The molecule has 164 valence electrons. The zero-order chi connectivity index (χ0) is 23.4. The number of rotatable bonds is 6. The van der Waals surface area contributed by atoms with E-state index in [2.05, 4.69) is 16.1 Å². The SMILES string of the molecule is COC(=O)CN1C(=O)NC(=Cc2c(OCc3ccccc3C#N)ccc3ccccc23)C1=O. The monoisotopic (exact) mass is 441 g/mol. The summed E-state index contributed by atoms with van der Waals surface area (Å²) >= 11 is 0. The zero-order valence-corrected chi connectivity index (χ0v) is 17.7. The molecule has 3 aromatic carbocycles. The number of carbonyl (C=O) groups is 3. The molecule has 0 saturated carbocycles. The smallest absolute Gasteiger partial charge is 0.329 e. The third kappa shape index (κ3) is 4.38. The summed E-state index contributed by atoms with van der Waals surface area (Å²) in [6.45, 7) is -0.338. The summed E-state index contributed by atoms with van der Waals surface area (Å²) in [5.41, 5.74) is 1.84. The van der Waals surface area contributed by atoms with Gasteiger partial charge in [0.2, 0.25) is 0 Å². The maximum absolute atomic E-state index is 12.8. The van der Waals surface area contributed by atoms with Crippen LogP contribution in [0.25, 0.3) is 16.8 Å². The first-order chi connectivity index (χ1) is 16.0. The number of nitrogens with one attached hydrogen (secondary N) is 1. The van der Waals surface area contributed by atoms with E-state index in [-0.39, 0.29) is 12.3 Å². The Morgan fingerprint density at radius 1 is 1.09 bits per heavy atom. The van der Waals surface area contributed by atoms with E-state index < -0.39 is 24.5 Å².